The highest BCUT2D eigenvalue weighted by Gasteiger charge is 2.32. The predicted octanol–water partition coefficient (Wildman–Crippen LogP) is 11.0. The van der Waals surface area contributed by atoms with Gasteiger partial charge in [0.25, 0.3) is 24.0 Å². The number of esters is 1. The van der Waals surface area contributed by atoms with E-state index in [1.165, 1.54) is 36.7 Å². The SMILES string of the molecule is CC(C)(C)C(=O)Cl.CC(C)(C)C(=O)Oc1c(-c2c(F)ccc(F)c2Cl)c(=O)n(CC(F)F)c2ncccc12.O=c1c(-c2c(F)ccc(F)c2Cl)c(O)c2cccnc2n1CC(F)F. The van der Waals surface area contributed by atoms with Crippen LogP contribution in [0.15, 0.2) is 70.5 Å². The molecule has 63 heavy (non-hydrogen) atoms. The number of benzene rings is 2. The van der Waals surface area contributed by atoms with Gasteiger partial charge in [-0.3, -0.25) is 28.3 Å². The lowest BCUT2D eigenvalue weighted by Gasteiger charge is -2.21. The van der Waals surface area contributed by atoms with Crippen LogP contribution in [0.3, 0.4) is 0 Å². The summed E-state index contributed by atoms with van der Waals surface area (Å²) in [6, 6.07) is 8.45. The molecule has 0 aliphatic heterocycles. The molecule has 21 heteroatoms. The number of hydrogen-bond acceptors (Lipinski definition) is 8. The largest absolute Gasteiger partial charge is 0.506 e. The first-order valence-electron chi connectivity index (χ1n) is 18.2. The number of aromatic hydroxyl groups is 1. The number of aromatic nitrogens is 4. The number of nitrogens with zero attached hydrogens (tertiary/aromatic N) is 4. The van der Waals surface area contributed by atoms with Crippen molar-refractivity contribution >= 4 is 68.1 Å². The lowest BCUT2D eigenvalue weighted by Crippen LogP contribution is -2.30. The molecule has 0 fully saturated rings. The molecule has 0 aliphatic carbocycles. The standard InChI is InChI=1S/C21H17ClF4N2O3.C16H9ClF4N2O2.C5H9ClO/c1-21(2,3)20(30)31-17-10-5-4-8-27-18(10)28(9-13(25)26)19(29)15(17)14-11(23)6-7-12(24)16(14)22;17-13-9(19)4-3-8(18)11(13)12-14(24)7-2-1-5-22-15(7)23(16(12)25)6-10(20)21;1-5(2,3)4(6)7/h4-8,13H,9H2,1-3H3;1-5,10,24H,6H2;1-3H3. The minimum atomic E-state index is -2.95. The van der Waals surface area contributed by atoms with Crippen LogP contribution in [0.4, 0.5) is 35.1 Å². The Morgan fingerprint density at radius 2 is 1.03 bits per heavy atom. The highest BCUT2D eigenvalue weighted by atomic mass is 35.5. The van der Waals surface area contributed by atoms with Crippen LogP contribution < -0.4 is 15.9 Å². The molecule has 336 valence electrons. The fourth-order valence-corrected chi connectivity index (χ4v) is 5.94. The molecule has 0 saturated heterocycles. The quantitative estimate of drug-likeness (QED) is 0.0724. The van der Waals surface area contributed by atoms with Crippen LogP contribution in [-0.4, -0.2) is 48.3 Å². The monoisotopic (exact) mass is 948 g/mol. The zero-order valence-corrected chi connectivity index (χ0v) is 36.0. The maximum atomic E-state index is 14.7. The molecule has 4 heterocycles. The van der Waals surface area contributed by atoms with E-state index in [2.05, 4.69) is 9.97 Å². The number of rotatable bonds is 7. The lowest BCUT2D eigenvalue weighted by molar-refractivity contribution is -0.142. The van der Waals surface area contributed by atoms with E-state index in [-0.39, 0.29) is 32.7 Å². The molecule has 6 rings (SSSR count). The zero-order chi connectivity index (χ0) is 47.5. The van der Waals surface area contributed by atoms with Crippen molar-refractivity contribution in [3.8, 4) is 33.8 Å². The van der Waals surface area contributed by atoms with E-state index in [1.54, 1.807) is 41.5 Å². The third-order valence-corrected chi connectivity index (χ3v) is 9.90. The number of fused-ring (bicyclic) bond motifs is 2. The van der Waals surface area contributed by atoms with Crippen LogP contribution in [0, 0.1) is 34.1 Å². The van der Waals surface area contributed by atoms with Crippen LogP contribution in [0.2, 0.25) is 10.0 Å². The molecular formula is C42H35Cl3F8N4O6. The van der Waals surface area contributed by atoms with Gasteiger partial charge >= 0.3 is 5.97 Å². The number of carbonyl (C=O) groups is 2. The molecule has 0 bridgehead atoms. The minimum absolute atomic E-state index is 0.0184. The van der Waals surface area contributed by atoms with Gasteiger partial charge in [-0.25, -0.2) is 45.1 Å². The summed E-state index contributed by atoms with van der Waals surface area (Å²) < 4.78 is 116. The van der Waals surface area contributed by atoms with Gasteiger partial charge in [0.2, 0.25) is 5.24 Å². The van der Waals surface area contributed by atoms with Crippen molar-refractivity contribution in [2.24, 2.45) is 10.8 Å². The second-order valence-electron chi connectivity index (χ2n) is 15.4. The molecule has 0 amide bonds. The van der Waals surface area contributed by atoms with Gasteiger partial charge in [-0.2, -0.15) is 0 Å². The first-order valence-corrected chi connectivity index (χ1v) is 19.3. The van der Waals surface area contributed by atoms with Crippen molar-refractivity contribution in [3.63, 3.8) is 0 Å². The van der Waals surface area contributed by atoms with Crippen molar-refractivity contribution in [3.05, 3.63) is 115 Å². The topological polar surface area (TPSA) is 133 Å². The molecular weight excluding hydrogens is 915 g/mol. The molecule has 10 nitrogen and oxygen atoms in total. The number of alkyl halides is 4. The maximum absolute atomic E-state index is 14.7. The van der Waals surface area contributed by atoms with Crippen LogP contribution in [-0.2, 0) is 22.7 Å². The predicted molar refractivity (Wildman–Crippen MR) is 222 cm³/mol. The Bertz CT molecular complexity index is 2840. The van der Waals surface area contributed by atoms with Gasteiger partial charge in [-0.15, -0.1) is 0 Å². The Labute approximate surface area is 367 Å². The Kier molecular flexibility index (Phi) is 15.8. The Balaban J connectivity index is 0.000000244. The van der Waals surface area contributed by atoms with Gasteiger partial charge < -0.3 is 9.84 Å². The molecule has 2 aromatic carbocycles. The number of carbonyl (C=O) groups excluding carboxylic acids is 2. The minimum Gasteiger partial charge on any atom is -0.506 e. The van der Waals surface area contributed by atoms with Gasteiger partial charge in [0.1, 0.15) is 40.3 Å². The molecule has 0 atom stereocenters. The Morgan fingerprint density at radius 3 is 1.44 bits per heavy atom. The number of pyridine rings is 4. The molecule has 1 N–H and O–H groups in total. The van der Waals surface area contributed by atoms with E-state index in [4.69, 9.17) is 39.5 Å². The normalized spacial score (nSPS) is 11.7. The number of halogens is 11. The van der Waals surface area contributed by atoms with E-state index in [0.29, 0.717) is 9.13 Å². The van der Waals surface area contributed by atoms with Gasteiger partial charge in [0.15, 0.2) is 5.75 Å². The van der Waals surface area contributed by atoms with Gasteiger partial charge in [-0.05, 0) is 80.9 Å². The highest BCUT2D eigenvalue weighted by Crippen LogP contribution is 2.41. The number of ether oxygens (including phenoxy) is 1. The van der Waals surface area contributed by atoms with Crippen molar-refractivity contribution in [2.45, 2.75) is 67.5 Å². The summed E-state index contributed by atoms with van der Waals surface area (Å²) in [7, 11) is 0. The van der Waals surface area contributed by atoms with E-state index in [9.17, 15) is 59.4 Å². The summed E-state index contributed by atoms with van der Waals surface area (Å²) in [6.07, 6.45) is -3.35. The molecule has 4 aromatic heterocycles. The summed E-state index contributed by atoms with van der Waals surface area (Å²) in [5, 5.41) is 8.53. The van der Waals surface area contributed by atoms with Crippen molar-refractivity contribution in [1.82, 2.24) is 19.1 Å². The summed E-state index contributed by atoms with van der Waals surface area (Å²) in [5.41, 5.74) is -6.89. The lowest BCUT2D eigenvalue weighted by atomic mass is 9.97. The van der Waals surface area contributed by atoms with Crippen molar-refractivity contribution < 1.29 is 54.6 Å². The molecule has 0 unspecified atom stereocenters. The van der Waals surface area contributed by atoms with Crippen molar-refractivity contribution in [2.75, 3.05) is 0 Å². The molecule has 6 aromatic rings. The Morgan fingerprint density at radius 1 is 0.651 bits per heavy atom. The smallest absolute Gasteiger partial charge is 0.316 e. The third-order valence-electron chi connectivity index (χ3n) is 8.59. The third kappa shape index (κ3) is 11.1. The zero-order valence-electron chi connectivity index (χ0n) is 33.8. The van der Waals surface area contributed by atoms with E-state index >= 15 is 0 Å². The van der Waals surface area contributed by atoms with Gasteiger partial charge in [0, 0.05) is 28.9 Å². The van der Waals surface area contributed by atoms with Crippen LogP contribution >= 0.6 is 34.8 Å². The van der Waals surface area contributed by atoms with E-state index in [0.717, 1.165) is 24.3 Å². The Hall–Kier alpha value is -5.59. The van der Waals surface area contributed by atoms with Crippen LogP contribution in [0.25, 0.3) is 44.3 Å². The molecule has 0 radical (unpaired) electrons. The second-order valence-corrected chi connectivity index (χ2v) is 16.5. The summed E-state index contributed by atoms with van der Waals surface area (Å²) >= 11 is 16.8. The average molecular weight is 950 g/mol. The first-order chi connectivity index (χ1) is 29.2. The van der Waals surface area contributed by atoms with Crippen LogP contribution in [0.1, 0.15) is 41.5 Å². The van der Waals surface area contributed by atoms with E-state index in [1.807, 2.05) is 0 Å². The van der Waals surface area contributed by atoms with E-state index < -0.39 is 116 Å². The van der Waals surface area contributed by atoms with Crippen molar-refractivity contribution in [1.29, 1.82) is 0 Å². The molecule has 0 aliphatic rings. The van der Waals surface area contributed by atoms with Gasteiger partial charge in [-0.1, -0.05) is 44.0 Å². The highest BCUT2D eigenvalue weighted by molar-refractivity contribution is 6.64. The molecule has 0 saturated carbocycles. The fourth-order valence-electron chi connectivity index (χ4n) is 5.44. The fraction of sp³-hybridized carbons (Fsp3) is 0.286. The number of hydrogen-bond donors (Lipinski definition) is 1. The average Bonchev–Trinajstić information content (AvgIpc) is 3.19. The van der Waals surface area contributed by atoms with Gasteiger partial charge in [0.05, 0.1) is 50.4 Å². The second kappa shape index (κ2) is 19.8. The first kappa shape index (κ1) is 50.1. The summed E-state index contributed by atoms with van der Waals surface area (Å²) in [6.45, 7) is 7.87. The summed E-state index contributed by atoms with van der Waals surface area (Å²) in [4.78, 5) is 56.5. The maximum Gasteiger partial charge on any atom is 0.316 e. The van der Waals surface area contributed by atoms with Crippen LogP contribution in [0.5, 0.6) is 11.5 Å². The summed E-state index contributed by atoms with van der Waals surface area (Å²) in [5.74, 6) is -6.19. The molecule has 0 spiro atoms.